The Labute approximate surface area is 221 Å². The second-order valence-corrected chi connectivity index (χ2v) is 10.4. The number of rotatable bonds is 13. The van der Waals surface area contributed by atoms with Gasteiger partial charge in [0.2, 0.25) is 0 Å². The lowest BCUT2D eigenvalue weighted by Gasteiger charge is -2.28. The number of hydrogen-bond donors (Lipinski definition) is 1. The molecule has 198 valence electrons. The maximum Gasteiger partial charge on any atom is 0.306 e. The van der Waals surface area contributed by atoms with Crippen molar-refractivity contribution in [1.29, 1.82) is 0 Å². The first-order chi connectivity index (χ1) is 17.3. The highest BCUT2D eigenvalue weighted by molar-refractivity contribution is 6.31. The van der Waals surface area contributed by atoms with Gasteiger partial charge in [-0.15, -0.1) is 0 Å². The Hall–Kier alpha value is -1.92. The van der Waals surface area contributed by atoms with Gasteiger partial charge in [-0.05, 0) is 87.7 Å². The molecule has 0 radical (unpaired) electrons. The minimum Gasteiger partial charge on any atom is -0.466 e. The molecule has 0 bridgehead atoms. The lowest BCUT2D eigenvalue weighted by atomic mass is 9.95. The highest BCUT2D eigenvalue weighted by atomic mass is 35.5. The molecule has 0 amide bonds. The van der Waals surface area contributed by atoms with Gasteiger partial charge in [0.15, 0.2) is 0 Å². The van der Waals surface area contributed by atoms with E-state index in [-0.39, 0.29) is 18.7 Å². The van der Waals surface area contributed by atoms with Crippen molar-refractivity contribution < 1.29 is 19.4 Å². The average molecular weight is 516 g/mol. The minimum atomic E-state index is -0.560. The van der Waals surface area contributed by atoms with Crippen LogP contribution in [0.25, 0.3) is 0 Å². The average Bonchev–Trinajstić information content (AvgIpc) is 3.27. The van der Waals surface area contributed by atoms with Crippen molar-refractivity contribution in [3.8, 4) is 0 Å². The van der Waals surface area contributed by atoms with E-state index in [4.69, 9.17) is 21.1 Å². The number of aryl methyl sites for hydroxylation is 3. The quantitative estimate of drug-likeness (QED) is 0.332. The van der Waals surface area contributed by atoms with Crippen LogP contribution in [0.5, 0.6) is 0 Å². The zero-order chi connectivity index (χ0) is 26.1. The number of aliphatic hydroxyl groups is 1. The molecule has 1 heterocycles. The Morgan fingerprint density at radius 3 is 2.72 bits per heavy atom. The standard InChI is InChI=1S/C30H42ClNO4/c1-5-29(27-13-9-21(3)16-24(27)12-14-30(34)35-6-2)36-20-26(33)19-32-15-7-8-25(32)17-23-11-10-22(4)28(31)18-23/h9-11,13,16,18,25-26,29,33H,5-8,12,14-15,17,19-20H2,1-4H3/t25-,26+,29+/m0/s1. The van der Waals surface area contributed by atoms with Gasteiger partial charge < -0.3 is 14.6 Å². The number of benzene rings is 2. The third-order valence-electron chi connectivity index (χ3n) is 7.06. The zero-order valence-electron chi connectivity index (χ0n) is 22.3. The summed E-state index contributed by atoms with van der Waals surface area (Å²) in [6, 6.07) is 13.0. The molecule has 0 aliphatic carbocycles. The van der Waals surface area contributed by atoms with E-state index in [1.807, 2.05) is 13.8 Å². The lowest BCUT2D eigenvalue weighted by Crippen LogP contribution is -2.39. The Balaban J connectivity index is 1.56. The number of ether oxygens (including phenoxy) is 2. The van der Waals surface area contributed by atoms with Crippen LogP contribution in [0.15, 0.2) is 36.4 Å². The highest BCUT2D eigenvalue weighted by Gasteiger charge is 2.27. The maximum absolute atomic E-state index is 11.9. The zero-order valence-corrected chi connectivity index (χ0v) is 23.0. The Morgan fingerprint density at radius 2 is 2.00 bits per heavy atom. The Morgan fingerprint density at radius 1 is 1.19 bits per heavy atom. The third kappa shape index (κ3) is 8.31. The van der Waals surface area contributed by atoms with Crippen LogP contribution in [0, 0.1) is 13.8 Å². The molecule has 0 spiro atoms. The van der Waals surface area contributed by atoms with Crippen LogP contribution in [0.4, 0.5) is 0 Å². The van der Waals surface area contributed by atoms with Crippen molar-refractivity contribution in [3.63, 3.8) is 0 Å². The second kappa shape index (κ2) is 14.1. The summed E-state index contributed by atoms with van der Waals surface area (Å²) in [6.07, 6.45) is 4.30. The number of β-amino-alcohol motifs (C(OH)–C–C–N with tert-alkyl or cyclic N) is 1. The fourth-order valence-electron chi connectivity index (χ4n) is 5.12. The fraction of sp³-hybridized carbons (Fsp3) is 0.567. The van der Waals surface area contributed by atoms with Crippen LogP contribution in [-0.4, -0.2) is 54.4 Å². The monoisotopic (exact) mass is 515 g/mol. The van der Waals surface area contributed by atoms with Crippen molar-refractivity contribution in [2.24, 2.45) is 0 Å². The van der Waals surface area contributed by atoms with E-state index in [2.05, 4.69) is 55.1 Å². The van der Waals surface area contributed by atoms with Gasteiger partial charge in [-0.3, -0.25) is 9.69 Å². The van der Waals surface area contributed by atoms with Gasteiger partial charge in [-0.2, -0.15) is 0 Å². The van der Waals surface area contributed by atoms with Crippen molar-refractivity contribution in [2.45, 2.75) is 84.5 Å². The SMILES string of the molecule is CCOC(=O)CCc1cc(C)ccc1[C@@H](CC)OC[C@H](O)CN1CCC[C@H]1Cc1ccc(C)c(Cl)c1. The number of hydrogen-bond acceptors (Lipinski definition) is 5. The minimum absolute atomic E-state index is 0.124. The molecule has 36 heavy (non-hydrogen) atoms. The number of nitrogens with zero attached hydrogens (tertiary/aromatic N) is 1. The van der Waals surface area contributed by atoms with Gasteiger partial charge in [0, 0.05) is 24.0 Å². The van der Waals surface area contributed by atoms with Gasteiger partial charge in [0.05, 0.1) is 25.4 Å². The van der Waals surface area contributed by atoms with Crippen molar-refractivity contribution in [2.75, 3.05) is 26.3 Å². The number of likely N-dealkylation sites (tertiary alicyclic amines) is 1. The summed E-state index contributed by atoms with van der Waals surface area (Å²) in [5.74, 6) is -0.178. The van der Waals surface area contributed by atoms with Crippen LogP contribution >= 0.6 is 11.6 Å². The normalized spacial score (nSPS) is 17.8. The summed E-state index contributed by atoms with van der Waals surface area (Å²) >= 11 is 6.33. The van der Waals surface area contributed by atoms with E-state index in [1.165, 1.54) is 5.56 Å². The molecule has 1 fully saturated rings. The van der Waals surface area contributed by atoms with Crippen LogP contribution in [-0.2, 0) is 27.1 Å². The molecule has 0 saturated carbocycles. The summed E-state index contributed by atoms with van der Waals surface area (Å²) in [5, 5.41) is 11.7. The molecular formula is C30H42ClNO4. The lowest BCUT2D eigenvalue weighted by molar-refractivity contribution is -0.143. The molecular weight excluding hydrogens is 474 g/mol. The fourth-order valence-corrected chi connectivity index (χ4v) is 5.32. The van der Waals surface area contributed by atoms with Crippen molar-refractivity contribution >= 4 is 17.6 Å². The van der Waals surface area contributed by atoms with Crippen LogP contribution < -0.4 is 0 Å². The molecule has 1 N–H and O–H groups in total. The van der Waals surface area contributed by atoms with Crippen molar-refractivity contribution in [1.82, 2.24) is 4.90 Å². The van der Waals surface area contributed by atoms with Crippen LogP contribution in [0.3, 0.4) is 0 Å². The van der Waals surface area contributed by atoms with Crippen molar-refractivity contribution in [3.05, 3.63) is 69.2 Å². The smallest absolute Gasteiger partial charge is 0.306 e. The molecule has 0 aromatic heterocycles. The summed E-state index contributed by atoms with van der Waals surface area (Å²) in [7, 11) is 0. The Kier molecular flexibility index (Phi) is 11.2. The van der Waals surface area contributed by atoms with E-state index >= 15 is 0 Å². The summed E-state index contributed by atoms with van der Waals surface area (Å²) in [4.78, 5) is 14.3. The predicted octanol–water partition coefficient (Wildman–Crippen LogP) is 5.99. The first-order valence-electron chi connectivity index (χ1n) is 13.3. The molecule has 1 saturated heterocycles. The number of esters is 1. The summed E-state index contributed by atoms with van der Waals surface area (Å²) < 4.78 is 11.4. The largest absolute Gasteiger partial charge is 0.466 e. The number of carbonyl (C=O) groups is 1. The van der Waals surface area contributed by atoms with E-state index in [1.54, 1.807) is 0 Å². The van der Waals surface area contributed by atoms with E-state index in [9.17, 15) is 9.90 Å². The van der Waals surface area contributed by atoms with E-state index < -0.39 is 6.10 Å². The molecule has 2 aromatic rings. The molecule has 3 atom stereocenters. The highest BCUT2D eigenvalue weighted by Crippen LogP contribution is 2.28. The van der Waals surface area contributed by atoms with E-state index in [0.717, 1.165) is 59.5 Å². The van der Waals surface area contributed by atoms with Gasteiger partial charge >= 0.3 is 5.97 Å². The number of aliphatic hydroxyl groups excluding tert-OH is 1. The molecule has 6 heteroatoms. The predicted molar refractivity (Wildman–Crippen MR) is 146 cm³/mol. The topological polar surface area (TPSA) is 59.0 Å². The van der Waals surface area contributed by atoms with Gasteiger partial charge in [0.1, 0.15) is 0 Å². The first kappa shape index (κ1) is 28.6. The Bertz CT molecular complexity index is 995. The van der Waals surface area contributed by atoms with Gasteiger partial charge in [0.25, 0.3) is 0 Å². The molecule has 3 rings (SSSR count). The molecule has 1 aliphatic rings. The molecule has 1 aliphatic heterocycles. The maximum atomic E-state index is 11.9. The second-order valence-electron chi connectivity index (χ2n) is 9.97. The van der Waals surface area contributed by atoms with Gasteiger partial charge in [-0.1, -0.05) is 54.4 Å². The third-order valence-corrected chi connectivity index (χ3v) is 7.47. The van der Waals surface area contributed by atoms with Crippen LogP contribution in [0.2, 0.25) is 5.02 Å². The summed E-state index contributed by atoms with van der Waals surface area (Å²) in [6.45, 7) is 10.3. The number of halogens is 1. The first-order valence-corrected chi connectivity index (χ1v) is 13.7. The number of carbonyl (C=O) groups excluding carboxylic acids is 1. The molecule has 2 aromatic carbocycles. The molecule has 5 nitrogen and oxygen atoms in total. The summed E-state index contributed by atoms with van der Waals surface area (Å²) in [5.41, 5.74) is 5.70. The van der Waals surface area contributed by atoms with E-state index in [0.29, 0.717) is 32.0 Å². The van der Waals surface area contributed by atoms with Crippen LogP contribution in [0.1, 0.15) is 73.5 Å². The molecule has 0 unspecified atom stereocenters. The van der Waals surface area contributed by atoms with Gasteiger partial charge in [-0.25, -0.2) is 0 Å².